The molecule has 1 N–H and O–H groups in total. The van der Waals surface area contributed by atoms with E-state index in [0.29, 0.717) is 18.1 Å². The number of nitrogens with zero attached hydrogens (tertiary/aromatic N) is 1. The largest absolute Gasteiger partial charge is 0.496 e. The van der Waals surface area contributed by atoms with Crippen molar-refractivity contribution >= 4 is 28.9 Å². The molecule has 0 heterocycles. The highest BCUT2D eigenvalue weighted by Crippen LogP contribution is 2.29. The number of benzene rings is 1. The molecule has 0 saturated carbocycles. The van der Waals surface area contributed by atoms with Crippen molar-refractivity contribution < 1.29 is 14.5 Å². The first kappa shape index (κ1) is 15.2. The summed E-state index contributed by atoms with van der Waals surface area (Å²) in [5.41, 5.74) is -0.0216. The number of nitro groups is 1. The van der Waals surface area contributed by atoms with Gasteiger partial charge in [-0.15, -0.1) is 11.6 Å². The van der Waals surface area contributed by atoms with Crippen LogP contribution >= 0.6 is 11.6 Å². The van der Waals surface area contributed by atoms with Crippen molar-refractivity contribution in [2.24, 2.45) is 0 Å². The van der Waals surface area contributed by atoms with E-state index in [1.54, 1.807) is 6.07 Å². The van der Waals surface area contributed by atoms with Crippen molar-refractivity contribution in [2.75, 3.05) is 18.3 Å². The third-order valence-corrected chi connectivity index (χ3v) is 2.73. The van der Waals surface area contributed by atoms with E-state index in [9.17, 15) is 14.9 Å². The standard InChI is InChI=1S/C12H15ClN2O4/c1-19-9-5-6-10(11(8-9)15(17)18)14-12(16)4-2-3-7-13/h5-6,8H,2-4,7H2,1H3,(H,14,16). The van der Waals surface area contributed by atoms with E-state index in [0.717, 1.165) is 6.42 Å². The Bertz CT molecular complexity index is 465. The number of hydrogen-bond donors (Lipinski definition) is 1. The highest BCUT2D eigenvalue weighted by Gasteiger charge is 2.16. The number of rotatable bonds is 7. The van der Waals surface area contributed by atoms with Gasteiger partial charge in [-0.2, -0.15) is 0 Å². The van der Waals surface area contributed by atoms with Gasteiger partial charge in [-0.05, 0) is 25.0 Å². The van der Waals surface area contributed by atoms with Gasteiger partial charge in [-0.3, -0.25) is 14.9 Å². The fourth-order valence-electron chi connectivity index (χ4n) is 1.49. The maximum Gasteiger partial charge on any atom is 0.296 e. The molecule has 19 heavy (non-hydrogen) atoms. The number of alkyl halides is 1. The van der Waals surface area contributed by atoms with Crippen molar-refractivity contribution in [3.63, 3.8) is 0 Å². The number of hydrogen-bond acceptors (Lipinski definition) is 4. The third-order valence-electron chi connectivity index (χ3n) is 2.46. The summed E-state index contributed by atoms with van der Waals surface area (Å²) in [7, 11) is 1.42. The summed E-state index contributed by atoms with van der Waals surface area (Å²) in [4.78, 5) is 22.0. The fourth-order valence-corrected chi connectivity index (χ4v) is 1.68. The Morgan fingerprint density at radius 2 is 2.21 bits per heavy atom. The van der Waals surface area contributed by atoms with Crippen molar-refractivity contribution in [3.8, 4) is 5.75 Å². The Morgan fingerprint density at radius 1 is 1.47 bits per heavy atom. The second kappa shape index (κ2) is 7.58. The van der Waals surface area contributed by atoms with Crippen LogP contribution in [0.4, 0.5) is 11.4 Å². The molecule has 0 bridgehead atoms. The predicted octanol–water partition coefficient (Wildman–Crippen LogP) is 2.95. The molecule has 1 aromatic carbocycles. The average molecular weight is 287 g/mol. The topological polar surface area (TPSA) is 81.5 Å². The van der Waals surface area contributed by atoms with Gasteiger partial charge in [0.15, 0.2) is 0 Å². The minimum atomic E-state index is -0.559. The number of ether oxygens (including phenoxy) is 1. The summed E-state index contributed by atoms with van der Waals surface area (Å²) in [6.07, 6.45) is 1.68. The summed E-state index contributed by atoms with van der Waals surface area (Å²) in [6, 6.07) is 4.28. The van der Waals surface area contributed by atoms with Gasteiger partial charge in [-0.1, -0.05) is 0 Å². The first-order chi connectivity index (χ1) is 9.08. The first-order valence-electron chi connectivity index (χ1n) is 5.76. The van der Waals surface area contributed by atoms with Crippen LogP contribution in [-0.2, 0) is 4.79 Å². The van der Waals surface area contributed by atoms with Gasteiger partial charge in [0.25, 0.3) is 5.69 Å². The minimum absolute atomic E-state index is 0.168. The quantitative estimate of drug-likeness (QED) is 0.361. The number of methoxy groups -OCH3 is 1. The molecule has 7 heteroatoms. The molecule has 0 aliphatic carbocycles. The number of carbonyl (C=O) groups excluding carboxylic acids is 1. The van der Waals surface area contributed by atoms with Crippen LogP contribution in [0.1, 0.15) is 19.3 Å². The molecule has 0 aliphatic rings. The number of halogens is 1. The summed E-state index contributed by atoms with van der Waals surface area (Å²) >= 11 is 5.51. The van der Waals surface area contributed by atoms with Crippen LogP contribution in [-0.4, -0.2) is 23.8 Å². The molecule has 0 atom stereocenters. The first-order valence-corrected chi connectivity index (χ1v) is 6.30. The predicted molar refractivity (Wildman–Crippen MR) is 72.8 cm³/mol. The summed E-state index contributed by atoms with van der Waals surface area (Å²) in [5.74, 6) is 0.598. The lowest BCUT2D eigenvalue weighted by atomic mass is 10.2. The maximum atomic E-state index is 11.6. The van der Waals surface area contributed by atoms with Gasteiger partial charge in [0.05, 0.1) is 18.1 Å². The number of nitro benzene ring substituents is 1. The van der Waals surface area contributed by atoms with E-state index in [2.05, 4.69) is 5.32 Å². The van der Waals surface area contributed by atoms with Crippen LogP contribution in [0.25, 0.3) is 0 Å². The average Bonchev–Trinajstić information content (AvgIpc) is 2.39. The smallest absolute Gasteiger partial charge is 0.296 e. The van der Waals surface area contributed by atoms with E-state index in [-0.39, 0.29) is 23.7 Å². The Morgan fingerprint density at radius 3 is 2.79 bits per heavy atom. The Labute approximate surface area is 115 Å². The second-order valence-corrected chi connectivity index (χ2v) is 4.21. The van der Waals surface area contributed by atoms with Gasteiger partial charge in [0, 0.05) is 12.3 Å². The lowest BCUT2D eigenvalue weighted by Crippen LogP contribution is -2.12. The van der Waals surface area contributed by atoms with Gasteiger partial charge in [0.2, 0.25) is 5.91 Å². The van der Waals surface area contributed by atoms with Crippen LogP contribution in [0.5, 0.6) is 5.75 Å². The second-order valence-electron chi connectivity index (χ2n) is 3.83. The Balaban J connectivity index is 2.77. The monoisotopic (exact) mass is 286 g/mol. The molecular formula is C12H15ClN2O4. The molecule has 1 amide bonds. The highest BCUT2D eigenvalue weighted by molar-refractivity contribution is 6.17. The lowest BCUT2D eigenvalue weighted by Gasteiger charge is -2.07. The van der Waals surface area contributed by atoms with Crippen LogP contribution < -0.4 is 10.1 Å². The molecule has 0 fully saturated rings. The van der Waals surface area contributed by atoms with Gasteiger partial charge >= 0.3 is 0 Å². The van der Waals surface area contributed by atoms with Crippen LogP contribution in [0, 0.1) is 10.1 Å². The molecule has 0 aromatic heterocycles. The minimum Gasteiger partial charge on any atom is -0.496 e. The molecule has 0 radical (unpaired) electrons. The molecule has 0 saturated heterocycles. The van der Waals surface area contributed by atoms with Crippen molar-refractivity contribution in [3.05, 3.63) is 28.3 Å². The van der Waals surface area contributed by atoms with E-state index < -0.39 is 4.92 Å². The van der Waals surface area contributed by atoms with Gasteiger partial charge in [-0.25, -0.2) is 0 Å². The maximum absolute atomic E-state index is 11.6. The number of nitrogens with one attached hydrogen (secondary N) is 1. The summed E-state index contributed by atoms with van der Waals surface area (Å²) in [5, 5.41) is 13.4. The van der Waals surface area contributed by atoms with Crippen molar-refractivity contribution in [1.29, 1.82) is 0 Å². The van der Waals surface area contributed by atoms with Crippen LogP contribution in [0.2, 0.25) is 0 Å². The molecule has 1 aromatic rings. The van der Waals surface area contributed by atoms with Gasteiger partial charge in [0.1, 0.15) is 11.4 Å². The normalized spacial score (nSPS) is 10.0. The molecule has 0 aliphatic heterocycles. The van der Waals surface area contributed by atoms with Gasteiger partial charge < -0.3 is 10.1 Å². The number of anilines is 1. The molecule has 0 spiro atoms. The van der Waals surface area contributed by atoms with Crippen molar-refractivity contribution in [2.45, 2.75) is 19.3 Å². The zero-order valence-electron chi connectivity index (χ0n) is 10.5. The molecule has 104 valence electrons. The SMILES string of the molecule is COc1ccc(NC(=O)CCCCCl)c([N+](=O)[O-])c1. The zero-order valence-corrected chi connectivity index (χ0v) is 11.3. The van der Waals surface area contributed by atoms with Crippen LogP contribution in [0.15, 0.2) is 18.2 Å². The lowest BCUT2D eigenvalue weighted by molar-refractivity contribution is -0.384. The summed E-state index contributed by atoms with van der Waals surface area (Å²) < 4.78 is 4.91. The zero-order chi connectivity index (χ0) is 14.3. The Hall–Kier alpha value is -1.82. The number of unbranched alkanes of at least 4 members (excludes halogenated alkanes) is 1. The van der Waals surface area contributed by atoms with E-state index >= 15 is 0 Å². The number of amides is 1. The van der Waals surface area contributed by atoms with E-state index in [1.165, 1.54) is 19.2 Å². The van der Waals surface area contributed by atoms with E-state index in [1.807, 2.05) is 0 Å². The Kier molecular flexibility index (Phi) is 6.08. The number of carbonyl (C=O) groups is 1. The molecular weight excluding hydrogens is 272 g/mol. The fraction of sp³-hybridized carbons (Fsp3) is 0.417. The van der Waals surface area contributed by atoms with Crippen molar-refractivity contribution in [1.82, 2.24) is 0 Å². The van der Waals surface area contributed by atoms with E-state index in [4.69, 9.17) is 16.3 Å². The molecule has 6 nitrogen and oxygen atoms in total. The summed E-state index contributed by atoms with van der Waals surface area (Å²) in [6.45, 7) is 0. The molecule has 1 rings (SSSR count). The molecule has 0 unspecified atom stereocenters. The third kappa shape index (κ3) is 4.75. The van der Waals surface area contributed by atoms with Crippen LogP contribution in [0.3, 0.4) is 0 Å². The highest BCUT2D eigenvalue weighted by atomic mass is 35.5.